The average molecular weight is 604 g/mol. The number of unbranched alkanes of at least 4 members (excludes halogenated alkanes) is 1. The van der Waals surface area contributed by atoms with E-state index in [1.807, 2.05) is 6.92 Å². The number of carbonyl (C=O) groups is 6. The Hall–Kier alpha value is -3.18. The summed E-state index contributed by atoms with van der Waals surface area (Å²) in [6.07, 6.45) is 12.1. The van der Waals surface area contributed by atoms with Crippen LogP contribution in [0.5, 0.6) is 0 Å². The first kappa shape index (κ1) is 32.7. The van der Waals surface area contributed by atoms with E-state index in [2.05, 4.69) is 16.0 Å². The number of primary amides is 1. The van der Waals surface area contributed by atoms with Gasteiger partial charge in [0, 0.05) is 6.54 Å². The molecule has 43 heavy (non-hydrogen) atoms. The minimum atomic E-state index is -1.35. The summed E-state index contributed by atoms with van der Waals surface area (Å²) in [4.78, 5) is 78.8. The van der Waals surface area contributed by atoms with Gasteiger partial charge in [-0.3, -0.25) is 19.2 Å². The Morgan fingerprint density at radius 1 is 0.930 bits per heavy atom. The number of aliphatic carboxylic acids is 1. The van der Waals surface area contributed by atoms with Crippen molar-refractivity contribution in [1.82, 2.24) is 20.9 Å². The molecule has 1 unspecified atom stereocenters. The van der Waals surface area contributed by atoms with E-state index in [9.17, 15) is 33.9 Å². The average Bonchev–Trinajstić information content (AvgIpc) is 3.53. The second-order valence-electron chi connectivity index (χ2n) is 13.4. The summed E-state index contributed by atoms with van der Waals surface area (Å²) < 4.78 is 0. The Labute approximate surface area is 253 Å². The van der Waals surface area contributed by atoms with Gasteiger partial charge in [-0.1, -0.05) is 71.1 Å². The molecular weight excluding hydrogens is 554 g/mol. The highest BCUT2D eigenvalue weighted by Crippen LogP contribution is 2.34. The number of hydrogen-bond donors (Lipinski definition) is 5. The number of ketones is 1. The van der Waals surface area contributed by atoms with Crippen molar-refractivity contribution in [1.29, 1.82) is 0 Å². The minimum Gasteiger partial charge on any atom is -0.480 e. The van der Waals surface area contributed by atoms with Gasteiger partial charge in [0.2, 0.25) is 17.6 Å². The van der Waals surface area contributed by atoms with E-state index in [1.54, 1.807) is 0 Å². The third kappa shape index (κ3) is 8.47. The number of nitrogens with two attached hydrogens (primary N) is 1. The van der Waals surface area contributed by atoms with Crippen molar-refractivity contribution in [3.8, 4) is 0 Å². The van der Waals surface area contributed by atoms with Crippen molar-refractivity contribution in [3.05, 3.63) is 0 Å². The summed E-state index contributed by atoms with van der Waals surface area (Å²) in [6, 6.07) is -3.53. The standard InChI is InChI=1S/C31H49N5O7/c1-19-17-23(27(39)33-22(25(37)26(32)38)12-6-5-9-20-13-14-20)36(18-19)28(40)24(21-10-3-2-4-11-21)34-30(43)35-31(29(41)42)15-7-8-16-31/h19-24H,2-18H2,1H3,(H2,32,38)(H,33,39)(H,41,42)(H2,34,35,43)/t19-,22?,23+,24+/m1/s1. The summed E-state index contributed by atoms with van der Waals surface area (Å²) in [7, 11) is 0. The third-order valence-electron chi connectivity index (χ3n) is 9.92. The molecule has 0 bridgehead atoms. The van der Waals surface area contributed by atoms with Crippen molar-refractivity contribution in [2.45, 2.75) is 133 Å². The van der Waals surface area contributed by atoms with Gasteiger partial charge in [0.05, 0.1) is 6.04 Å². The highest BCUT2D eigenvalue weighted by molar-refractivity contribution is 6.37. The fourth-order valence-electron chi connectivity index (χ4n) is 7.23. The van der Waals surface area contributed by atoms with Crippen molar-refractivity contribution in [2.24, 2.45) is 23.5 Å². The number of carboxylic acid groups (broad SMARTS) is 1. The highest BCUT2D eigenvalue weighted by Gasteiger charge is 2.46. The van der Waals surface area contributed by atoms with Crippen LogP contribution in [0.1, 0.15) is 110 Å². The maximum absolute atomic E-state index is 14.1. The smallest absolute Gasteiger partial charge is 0.329 e. The number of amides is 5. The molecule has 1 aliphatic heterocycles. The molecule has 3 aliphatic carbocycles. The normalized spacial score (nSPS) is 25.0. The first-order valence-corrected chi connectivity index (χ1v) is 16.3. The summed E-state index contributed by atoms with van der Waals surface area (Å²) in [5.41, 5.74) is 3.94. The van der Waals surface area contributed by atoms with Gasteiger partial charge in [-0.05, 0) is 56.3 Å². The minimum absolute atomic E-state index is 0.00173. The van der Waals surface area contributed by atoms with Gasteiger partial charge >= 0.3 is 12.0 Å². The van der Waals surface area contributed by atoms with E-state index in [0.717, 1.165) is 50.9 Å². The second kappa shape index (κ2) is 14.5. The van der Waals surface area contributed by atoms with Gasteiger partial charge in [0.15, 0.2) is 0 Å². The Kier molecular flexibility index (Phi) is 11.1. The number of carbonyl (C=O) groups excluding carboxylic acids is 5. The molecular formula is C31H49N5O7. The maximum atomic E-state index is 14.1. The topological polar surface area (TPSA) is 188 Å². The lowest BCUT2D eigenvalue weighted by Crippen LogP contribution is -2.61. The Bertz CT molecular complexity index is 1060. The molecule has 4 rings (SSSR count). The zero-order chi connectivity index (χ0) is 31.1. The van der Waals surface area contributed by atoms with E-state index >= 15 is 0 Å². The van der Waals surface area contributed by atoms with Gasteiger partial charge < -0.3 is 31.7 Å². The summed E-state index contributed by atoms with van der Waals surface area (Å²) in [6.45, 7) is 2.24. The van der Waals surface area contributed by atoms with Gasteiger partial charge in [0.1, 0.15) is 17.6 Å². The van der Waals surface area contributed by atoms with Crippen molar-refractivity contribution in [2.75, 3.05) is 6.54 Å². The highest BCUT2D eigenvalue weighted by atomic mass is 16.4. The molecule has 240 valence electrons. The Balaban J connectivity index is 1.46. The van der Waals surface area contributed by atoms with E-state index in [0.29, 0.717) is 51.5 Å². The quantitative estimate of drug-likeness (QED) is 0.149. The molecule has 0 aromatic heterocycles. The van der Waals surface area contributed by atoms with Crippen LogP contribution in [0.15, 0.2) is 0 Å². The van der Waals surface area contributed by atoms with Crippen LogP contribution in [0.25, 0.3) is 0 Å². The number of hydrogen-bond acceptors (Lipinski definition) is 6. The van der Waals surface area contributed by atoms with Gasteiger partial charge in [-0.15, -0.1) is 0 Å². The molecule has 0 spiro atoms. The molecule has 12 nitrogen and oxygen atoms in total. The van der Waals surface area contributed by atoms with Crippen LogP contribution >= 0.6 is 0 Å². The molecule has 12 heteroatoms. The number of rotatable bonds is 14. The lowest BCUT2D eigenvalue weighted by molar-refractivity contribution is -0.144. The molecule has 1 saturated heterocycles. The number of Topliss-reactive ketones (excluding diaryl/α,β-unsaturated/α-hetero) is 1. The number of carboxylic acids is 1. The molecule has 5 amide bonds. The van der Waals surface area contributed by atoms with Crippen molar-refractivity contribution < 1.29 is 33.9 Å². The van der Waals surface area contributed by atoms with Crippen molar-refractivity contribution >= 4 is 35.5 Å². The van der Waals surface area contributed by atoms with Crippen LogP contribution < -0.4 is 21.7 Å². The second-order valence-corrected chi connectivity index (χ2v) is 13.4. The van der Waals surface area contributed by atoms with Crippen LogP contribution in [-0.4, -0.2) is 75.7 Å². The monoisotopic (exact) mass is 603 g/mol. The predicted octanol–water partition coefficient (Wildman–Crippen LogP) is 2.38. The maximum Gasteiger partial charge on any atom is 0.329 e. The number of likely N-dealkylation sites (tertiary alicyclic amines) is 1. The molecule has 0 radical (unpaired) electrons. The van der Waals surface area contributed by atoms with Crippen LogP contribution in [0, 0.1) is 17.8 Å². The fourth-order valence-corrected chi connectivity index (χ4v) is 7.23. The van der Waals surface area contributed by atoms with Gasteiger partial charge in [-0.2, -0.15) is 0 Å². The number of nitrogens with one attached hydrogen (secondary N) is 3. The molecule has 4 aliphatic rings. The number of nitrogens with zero attached hydrogens (tertiary/aromatic N) is 1. The molecule has 4 fully saturated rings. The van der Waals surface area contributed by atoms with Gasteiger partial charge in [-0.25, -0.2) is 9.59 Å². The summed E-state index contributed by atoms with van der Waals surface area (Å²) >= 11 is 0. The molecule has 4 atom stereocenters. The molecule has 0 aromatic rings. The van der Waals surface area contributed by atoms with Crippen LogP contribution in [-0.2, 0) is 24.0 Å². The molecule has 0 aromatic carbocycles. The Morgan fingerprint density at radius 2 is 1.60 bits per heavy atom. The van der Waals surface area contributed by atoms with E-state index in [-0.39, 0.29) is 17.7 Å². The Morgan fingerprint density at radius 3 is 2.21 bits per heavy atom. The fraction of sp³-hybridized carbons (Fsp3) is 0.806. The van der Waals surface area contributed by atoms with Crippen molar-refractivity contribution in [3.63, 3.8) is 0 Å². The molecule has 3 saturated carbocycles. The third-order valence-corrected chi connectivity index (χ3v) is 9.92. The first-order valence-electron chi connectivity index (χ1n) is 16.3. The summed E-state index contributed by atoms with van der Waals surface area (Å²) in [5.74, 6) is -3.34. The lowest BCUT2D eigenvalue weighted by atomic mass is 9.83. The van der Waals surface area contributed by atoms with E-state index in [1.165, 1.54) is 17.7 Å². The zero-order valence-electron chi connectivity index (χ0n) is 25.4. The molecule has 1 heterocycles. The first-order chi connectivity index (χ1) is 20.5. The SMILES string of the molecule is C[C@@H]1C[C@@H](C(=O)NC(CCCCC2CC2)C(=O)C(N)=O)N(C(=O)[C@@H](NC(=O)NC2(C(=O)O)CCCC2)C2CCCCC2)C1. The molecule has 6 N–H and O–H groups in total. The lowest BCUT2D eigenvalue weighted by Gasteiger charge is -2.35. The van der Waals surface area contributed by atoms with E-state index in [4.69, 9.17) is 5.73 Å². The van der Waals surface area contributed by atoms with Crippen LogP contribution in [0.4, 0.5) is 4.79 Å². The van der Waals surface area contributed by atoms with Gasteiger partial charge in [0.25, 0.3) is 5.91 Å². The number of urea groups is 1. The van der Waals surface area contributed by atoms with Crippen LogP contribution in [0.2, 0.25) is 0 Å². The zero-order valence-corrected chi connectivity index (χ0v) is 25.4. The largest absolute Gasteiger partial charge is 0.480 e. The van der Waals surface area contributed by atoms with Crippen LogP contribution in [0.3, 0.4) is 0 Å². The summed E-state index contributed by atoms with van der Waals surface area (Å²) in [5, 5.41) is 18.0. The predicted molar refractivity (Wildman–Crippen MR) is 157 cm³/mol. The van der Waals surface area contributed by atoms with E-state index < -0.39 is 53.3 Å².